The number of anilines is 1. The van der Waals surface area contributed by atoms with Crippen LogP contribution in [0.3, 0.4) is 0 Å². The van der Waals surface area contributed by atoms with Crippen LogP contribution in [0.25, 0.3) is 0 Å². The molecule has 3 nitrogen and oxygen atoms in total. The molecule has 0 aliphatic heterocycles. The Labute approximate surface area is 100 Å². The number of carbonyl (C=O) groups is 1. The molecular weight excluding hydrogens is 219 g/mol. The summed E-state index contributed by atoms with van der Waals surface area (Å²) < 4.78 is 13.0. The molecule has 1 aliphatic rings. The van der Waals surface area contributed by atoms with Gasteiger partial charge in [-0.05, 0) is 49.4 Å². The minimum absolute atomic E-state index is 0.0149. The van der Waals surface area contributed by atoms with Gasteiger partial charge in [0.15, 0.2) is 0 Å². The van der Waals surface area contributed by atoms with Crippen LogP contribution < -0.4 is 10.6 Å². The minimum Gasteiger partial charge on any atom is -0.376 e. The van der Waals surface area contributed by atoms with Crippen LogP contribution in [0.2, 0.25) is 0 Å². The molecule has 17 heavy (non-hydrogen) atoms. The van der Waals surface area contributed by atoms with E-state index in [1.54, 1.807) is 19.1 Å². The Morgan fingerprint density at radius 1 is 1.47 bits per heavy atom. The molecule has 92 valence electrons. The van der Waals surface area contributed by atoms with E-state index in [1.807, 2.05) is 0 Å². The third-order valence-electron chi connectivity index (χ3n) is 2.90. The lowest BCUT2D eigenvalue weighted by atomic mass is 10.2. The smallest absolute Gasteiger partial charge is 0.239 e. The summed E-state index contributed by atoms with van der Waals surface area (Å²) in [5, 5.41) is 5.84. The molecule has 0 unspecified atom stereocenters. The number of amides is 1. The average molecular weight is 236 g/mol. The van der Waals surface area contributed by atoms with Gasteiger partial charge in [-0.2, -0.15) is 0 Å². The lowest BCUT2D eigenvalue weighted by Gasteiger charge is -2.08. The van der Waals surface area contributed by atoms with Crippen LogP contribution in [-0.2, 0) is 4.79 Å². The van der Waals surface area contributed by atoms with E-state index in [9.17, 15) is 9.18 Å². The summed E-state index contributed by atoms with van der Waals surface area (Å²) in [6, 6.07) is 4.74. The van der Waals surface area contributed by atoms with E-state index >= 15 is 0 Å². The summed E-state index contributed by atoms with van der Waals surface area (Å²) in [6.45, 7) is 2.72. The Bertz CT molecular complexity index is 416. The van der Waals surface area contributed by atoms with Crippen LogP contribution in [0.1, 0.15) is 18.4 Å². The van der Waals surface area contributed by atoms with Gasteiger partial charge in [-0.1, -0.05) is 0 Å². The summed E-state index contributed by atoms with van der Waals surface area (Å²) in [5.74, 6) is 0.444. The number of aryl methyl sites for hydroxylation is 1. The number of halogens is 1. The fourth-order valence-electron chi connectivity index (χ4n) is 1.58. The molecule has 1 saturated carbocycles. The van der Waals surface area contributed by atoms with Crippen LogP contribution in [-0.4, -0.2) is 19.0 Å². The summed E-state index contributed by atoms with van der Waals surface area (Å²) in [4.78, 5) is 11.5. The van der Waals surface area contributed by atoms with Crippen molar-refractivity contribution >= 4 is 11.6 Å². The Morgan fingerprint density at radius 3 is 2.88 bits per heavy atom. The molecule has 1 aromatic carbocycles. The van der Waals surface area contributed by atoms with Crippen LogP contribution in [0, 0.1) is 18.7 Å². The highest BCUT2D eigenvalue weighted by Gasteiger charge is 2.21. The van der Waals surface area contributed by atoms with Gasteiger partial charge in [-0.3, -0.25) is 4.79 Å². The first-order valence-electron chi connectivity index (χ1n) is 5.92. The summed E-state index contributed by atoms with van der Waals surface area (Å²) in [6.07, 6.45) is 2.45. The average Bonchev–Trinajstić information content (AvgIpc) is 3.12. The summed E-state index contributed by atoms with van der Waals surface area (Å²) >= 11 is 0. The zero-order valence-electron chi connectivity index (χ0n) is 9.92. The number of rotatable bonds is 5. The Kier molecular flexibility index (Phi) is 3.61. The molecule has 0 atom stereocenters. The normalized spacial score (nSPS) is 14.5. The molecule has 0 heterocycles. The van der Waals surface area contributed by atoms with E-state index in [1.165, 1.54) is 18.9 Å². The number of carbonyl (C=O) groups excluding carboxylic acids is 1. The SMILES string of the molecule is Cc1cc(NCC(=O)NCC2CC2)ccc1F. The van der Waals surface area contributed by atoms with Crippen molar-refractivity contribution in [1.29, 1.82) is 0 Å². The highest BCUT2D eigenvalue weighted by molar-refractivity contribution is 5.80. The molecule has 0 aromatic heterocycles. The highest BCUT2D eigenvalue weighted by Crippen LogP contribution is 2.27. The molecule has 1 aliphatic carbocycles. The van der Waals surface area contributed by atoms with E-state index < -0.39 is 0 Å². The van der Waals surface area contributed by atoms with Gasteiger partial charge in [0.25, 0.3) is 0 Å². The van der Waals surface area contributed by atoms with Gasteiger partial charge < -0.3 is 10.6 Å². The van der Waals surface area contributed by atoms with Crippen molar-refractivity contribution in [2.45, 2.75) is 19.8 Å². The van der Waals surface area contributed by atoms with Crippen LogP contribution in [0.15, 0.2) is 18.2 Å². The molecule has 4 heteroatoms. The van der Waals surface area contributed by atoms with E-state index in [0.29, 0.717) is 11.5 Å². The van der Waals surface area contributed by atoms with Crippen molar-refractivity contribution in [3.05, 3.63) is 29.6 Å². The first-order chi connectivity index (χ1) is 8.15. The van der Waals surface area contributed by atoms with E-state index in [4.69, 9.17) is 0 Å². The number of benzene rings is 1. The monoisotopic (exact) mass is 236 g/mol. The lowest BCUT2D eigenvalue weighted by Crippen LogP contribution is -2.31. The first kappa shape index (κ1) is 11.9. The van der Waals surface area contributed by atoms with E-state index in [0.717, 1.165) is 12.2 Å². The van der Waals surface area contributed by atoms with Crippen LogP contribution >= 0.6 is 0 Å². The van der Waals surface area contributed by atoms with Gasteiger partial charge in [0.1, 0.15) is 5.82 Å². The third kappa shape index (κ3) is 3.73. The van der Waals surface area contributed by atoms with Crippen molar-refractivity contribution in [2.24, 2.45) is 5.92 Å². The zero-order valence-corrected chi connectivity index (χ0v) is 9.92. The molecule has 2 N–H and O–H groups in total. The Balaban J connectivity index is 1.75. The second-order valence-electron chi connectivity index (χ2n) is 4.56. The van der Waals surface area contributed by atoms with Crippen LogP contribution in [0.5, 0.6) is 0 Å². The van der Waals surface area contributed by atoms with Crippen molar-refractivity contribution in [2.75, 3.05) is 18.4 Å². The van der Waals surface area contributed by atoms with Crippen LogP contribution in [0.4, 0.5) is 10.1 Å². The van der Waals surface area contributed by atoms with Crippen molar-refractivity contribution in [3.63, 3.8) is 0 Å². The minimum atomic E-state index is -0.228. The summed E-state index contributed by atoms with van der Waals surface area (Å²) in [5.41, 5.74) is 1.35. The standard InChI is InChI=1S/C13H17FN2O/c1-9-6-11(4-5-12(9)14)15-8-13(17)16-7-10-2-3-10/h4-6,10,15H,2-3,7-8H2,1H3,(H,16,17). The number of nitrogens with one attached hydrogen (secondary N) is 2. The van der Waals surface area contributed by atoms with Gasteiger partial charge in [0, 0.05) is 12.2 Å². The molecule has 1 amide bonds. The van der Waals surface area contributed by atoms with Crippen molar-refractivity contribution in [1.82, 2.24) is 5.32 Å². The van der Waals surface area contributed by atoms with E-state index in [2.05, 4.69) is 10.6 Å². The van der Waals surface area contributed by atoms with Gasteiger partial charge in [0.05, 0.1) is 6.54 Å². The molecule has 0 saturated heterocycles. The number of hydrogen-bond acceptors (Lipinski definition) is 2. The van der Waals surface area contributed by atoms with Gasteiger partial charge >= 0.3 is 0 Å². The molecular formula is C13H17FN2O. The highest BCUT2D eigenvalue weighted by atomic mass is 19.1. The molecule has 0 spiro atoms. The largest absolute Gasteiger partial charge is 0.376 e. The predicted molar refractivity (Wildman–Crippen MR) is 65.4 cm³/mol. The number of hydrogen-bond donors (Lipinski definition) is 2. The zero-order chi connectivity index (χ0) is 12.3. The molecule has 1 aromatic rings. The van der Waals surface area contributed by atoms with Gasteiger partial charge in [-0.15, -0.1) is 0 Å². The maximum absolute atomic E-state index is 13.0. The predicted octanol–water partition coefficient (Wildman–Crippen LogP) is 2.07. The second-order valence-corrected chi connectivity index (χ2v) is 4.56. The van der Waals surface area contributed by atoms with E-state index in [-0.39, 0.29) is 18.3 Å². The van der Waals surface area contributed by atoms with Gasteiger partial charge in [0.2, 0.25) is 5.91 Å². The Morgan fingerprint density at radius 2 is 2.24 bits per heavy atom. The molecule has 2 rings (SSSR count). The fraction of sp³-hybridized carbons (Fsp3) is 0.462. The maximum Gasteiger partial charge on any atom is 0.239 e. The lowest BCUT2D eigenvalue weighted by molar-refractivity contribution is -0.119. The molecule has 1 fully saturated rings. The maximum atomic E-state index is 13.0. The quantitative estimate of drug-likeness (QED) is 0.821. The van der Waals surface area contributed by atoms with Crippen molar-refractivity contribution in [3.8, 4) is 0 Å². The van der Waals surface area contributed by atoms with Crippen molar-refractivity contribution < 1.29 is 9.18 Å². The van der Waals surface area contributed by atoms with Gasteiger partial charge in [-0.25, -0.2) is 4.39 Å². The third-order valence-corrected chi connectivity index (χ3v) is 2.90. The fourth-order valence-corrected chi connectivity index (χ4v) is 1.58. The summed E-state index contributed by atoms with van der Waals surface area (Å²) in [7, 11) is 0. The Hall–Kier alpha value is -1.58. The second kappa shape index (κ2) is 5.17. The first-order valence-corrected chi connectivity index (χ1v) is 5.92. The topological polar surface area (TPSA) is 41.1 Å². The molecule has 0 radical (unpaired) electrons. The molecule has 0 bridgehead atoms.